The van der Waals surface area contributed by atoms with Gasteiger partial charge >= 0.3 is 0 Å². The maximum atomic E-state index is 12.6. The van der Waals surface area contributed by atoms with Crippen molar-refractivity contribution in [3.63, 3.8) is 0 Å². The number of hydrogen-bond donors (Lipinski definition) is 0. The van der Waals surface area contributed by atoms with Gasteiger partial charge in [0.05, 0.1) is 10.3 Å². The van der Waals surface area contributed by atoms with Crippen LogP contribution < -0.4 is 4.90 Å². The van der Waals surface area contributed by atoms with E-state index in [-0.39, 0.29) is 11.8 Å². The highest BCUT2D eigenvalue weighted by molar-refractivity contribution is 8.20. The van der Waals surface area contributed by atoms with Gasteiger partial charge in [-0.25, -0.2) is 0 Å². The van der Waals surface area contributed by atoms with Gasteiger partial charge < -0.3 is 4.90 Å². The summed E-state index contributed by atoms with van der Waals surface area (Å²) in [5, 5.41) is 0.727. The molecular weight excluding hydrogens is 358 g/mol. The monoisotopic (exact) mass is 385 g/mol. The van der Waals surface area contributed by atoms with Crippen molar-refractivity contribution in [1.29, 1.82) is 0 Å². The van der Waals surface area contributed by atoms with Gasteiger partial charge in [-0.3, -0.25) is 4.79 Å². The fraction of sp³-hybridized carbons (Fsp3) is 0.632. The number of halogens is 1. The number of amides is 1. The van der Waals surface area contributed by atoms with Gasteiger partial charge in [-0.2, -0.15) is 0 Å². The summed E-state index contributed by atoms with van der Waals surface area (Å²) in [6, 6.07) is 6.37. The normalized spacial score (nSPS) is 20.3. The van der Waals surface area contributed by atoms with Crippen molar-refractivity contribution in [2.24, 2.45) is 0 Å². The Labute approximate surface area is 160 Å². The molecule has 0 N–H and O–H groups in total. The molecule has 24 heavy (non-hydrogen) atoms. The molecule has 2 unspecified atom stereocenters. The number of hydrogen-bond acceptors (Lipinski definition) is 3. The van der Waals surface area contributed by atoms with Crippen LogP contribution in [0, 0.1) is 0 Å². The Hall–Kier alpha value is -0.320. The van der Waals surface area contributed by atoms with E-state index in [2.05, 4.69) is 39.0 Å². The Morgan fingerprint density at radius 2 is 1.92 bits per heavy atom. The van der Waals surface area contributed by atoms with Crippen LogP contribution in [0.25, 0.3) is 0 Å². The first kappa shape index (κ1) is 20.0. The first-order chi connectivity index (χ1) is 11.6. The molecule has 5 heteroatoms. The number of anilines is 1. The van der Waals surface area contributed by atoms with Crippen molar-refractivity contribution in [2.45, 2.75) is 56.3 Å². The van der Waals surface area contributed by atoms with E-state index in [9.17, 15) is 4.79 Å². The van der Waals surface area contributed by atoms with E-state index in [1.54, 1.807) is 0 Å². The number of alkyl halides is 1. The topological polar surface area (TPSA) is 20.3 Å². The van der Waals surface area contributed by atoms with Crippen LogP contribution in [0.15, 0.2) is 18.2 Å². The molecule has 2 rings (SSSR count). The van der Waals surface area contributed by atoms with Crippen molar-refractivity contribution >= 4 is 46.7 Å². The van der Waals surface area contributed by atoms with Gasteiger partial charge in [-0.1, -0.05) is 45.4 Å². The summed E-state index contributed by atoms with van der Waals surface area (Å²) in [5.74, 6) is 1.26. The highest BCUT2D eigenvalue weighted by atomic mass is 35.5. The molecule has 0 aromatic heterocycles. The van der Waals surface area contributed by atoms with Gasteiger partial charge in [-0.05, 0) is 30.4 Å². The average Bonchev–Trinajstić information content (AvgIpc) is 3.05. The molecule has 1 aliphatic rings. The van der Waals surface area contributed by atoms with E-state index >= 15 is 0 Å². The first-order valence-corrected chi connectivity index (χ1v) is 11.4. The smallest absolute Gasteiger partial charge is 0.241 e. The van der Waals surface area contributed by atoms with E-state index in [4.69, 9.17) is 11.6 Å². The second-order valence-corrected chi connectivity index (χ2v) is 9.39. The number of carbonyl (C=O) groups excluding carboxylic acids is 1. The summed E-state index contributed by atoms with van der Waals surface area (Å²) >= 11 is 9.98. The van der Waals surface area contributed by atoms with Gasteiger partial charge in [0.2, 0.25) is 5.91 Å². The molecular formula is C19H28ClNOS2. The summed E-state index contributed by atoms with van der Waals surface area (Å²) in [6.07, 6.45) is 4.36. The molecule has 1 aliphatic heterocycles. The van der Waals surface area contributed by atoms with Crippen LogP contribution in [-0.4, -0.2) is 33.9 Å². The highest BCUT2D eigenvalue weighted by Crippen LogP contribution is 2.41. The highest BCUT2D eigenvalue weighted by Gasteiger charge is 2.30. The van der Waals surface area contributed by atoms with E-state index < -0.39 is 0 Å². The molecule has 2 atom stereocenters. The van der Waals surface area contributed by atoms with Crippen molar-refractivity contribution in [3.05, 3.63) is 29.3 Å². The third kappa shape index (κ3) is 4.86. The maximum absolute atomic E-state index is 12.6. The molecule has 1 saturated heterocycles. The molecule has 0 saturated carbocycles. The minimum atomic E-state index is 0.0207. The Bertz CT molecular complexity index is 530. The Kier molecular flexibility index (Phi) is 8.32. The molecule has 1 heterocycles. The summed E-state index contributed by atoms with van der Waals surface area (Å²) in [5.41, 5.74) is 3.59. The number of nitrogens with zero attached hydrogens (tertiary/aromatic N) is 1. The molecule has 1 aromatic carbocycles. The van der Waals surface area contributed by atoms with Crippen LogP contribution in [0.2, 0.25) is 0 Å². The lowest BCUT2D eigenvalue weighted by molar-refractivity contribution is -0.116. The minimum absolute atomic E-state index is 0.0207. The fourth-order valence-electron chi connectivity index (χ4n) is 3.18. The van der Waals surface area contributed by atoms with Crippen LogP contribution in [-0.2, 0) is 17.6 Å². The van der Waals surface area contributed by atoms with E-state index in [0.717, 1.165) is 30.3 Å². The average molecular weight is 386 g/mol. The number of thioether (sulfide) groups is 2. The van der Waals surface area contributed by atoms with E-state index in [1.165, 1.54) is 29.7 Å². The van der Waals surface area contributed by atoms with Crippen LogP contribution in [0.1, 0.15) is 44.7 Å². The molecule has 1 fully saturated rings. The van der Waals surface area contributed by atoms with Gasteiger partial charge in [0.15, 0.2) is 0 Å². The predicted molar refractivity (Wildman–Crippen MR) is 111 cm³/mol. The summed E-state index contributed by atoms with van der Waals surface area (Å²) in [4.78, 5) is 14.6. The second-order valence-electron chi connectivity index (χ2n) is 6.08. The zero-order valence-electron chi connectivity index (χ0n) is 14.9. The maximum Gasteiger partial charge on any atom is 0.241 e. The number of benzene rings is 1. The van der Waals surface area contributed by atoms with Gasteiger partial charge in [0.25, 0.3) is 0 Å². The van der Waals surface area contributed by atoms with Gasteiger partial charge in [-0.15, -0.1) is 35.1 Å². The largest absolute Gasteiger partial charge is 0.309 e. The van der Waals surface area contributed by atoms with Crippen LogP contribution >= 0.6 is 35.1 Å². The number of para-hydroxylation sites is 1. The van der Waals surface area contributed by atoms with E-state index in [0.29, 0.717) is 4.58 Å². The van der Waals surface area contributed by atoms with Crippen LogP contribution in [0.5, 0.6) is 0 Å². The van der Waals surface area contributed by atoms with E-state index in [1.807, 2.05) is 28.4 Å². The summed E-state index contributed by atoms with van der Waals surface area (Å²) < 4.78 is 0.448. The third-order valence-corrected chi connectivity index (χ3v) is 7.94. The SMILES string of the molecule is CCCC1CSC(CN(C(=O)CCl)c2c(CC)cccc2CC)S1. The number of aryl methyl sites for hydroxylation is 2. The molecule has 0 aliphatic carbocycles. The van der Waals surface area contributed by atoms with Gasteiger partial charge in [0.1, 0.15) is 5.88 Å². The number of carbonyl (C=O) groups is 1. The lowest BCUT2D eigenvalue weighted by Gasteiger charge is -2.29. The zero-order valence-corrected chi connectivity index (χ0v) is 17.3. The van der Waals surface area contributed by atoms with Gasteiger partial charge in [0, 0.05) is 17.5 Å². The minimum Gasteiger partial charge on any atom is -0.309 e. The lowest BCUT2D eigenvalue weighted by Crippen LogP contribution is -2.37. The molecule has 134 valence electrons. The third-order valence-electron chi connectivity index (χ3n) is 4.40. The first-order valence-electron chi connectivity index (χ1n) is 8.88. The Morgan fingerprint density at radius 3 is 2.46 bits per heavy atom. The molecule has 2 nitrogen and oxygen atoms in total. The quantitative estimate of drug-likeness (QED) is 0.562. The summed E-state index contributed by atoms with van der Waals surface area (Å²) in [7, 11) is 0. The summed E-state index contributed by atoms with van der Waals surface area (Å²) in [6.45, 7) is 7.30. The lowest BCUT2D eigenvalue weighted by atomic mass is 10.0. The van der Waals surface area contributed by atoms with Crippen molar-refractivity contribution in [1.82, 2.24) is 0 Å². The molecule has 1 amide bonds. The number of rotatable bonds is 8. The molecule has 0 radical (unpaired) electrons. The van der Waals surface area contributed by atoms with Crippen molar-refractivity contribution < 1.29 is 4.79 Å². The van der Waals surface area contributed by atoms with Crippen LogP contribution in [0.3, 0.4) is 0 Å². The second kappa shape index (κ2) is 9.98. The van der Waals surface area contributed by atoms with Crippen molar-refractivity contribution in [3.8, 4) is 0 Å². The van der Waals surface area contributed by atoms with Crippen LogP contribution in [0.4, 0.5) is 5.69 Å². The molecule has 1 aromatic rings. The Morgan fingerprint density at radius 1 is 1.25 bits per heavy atom. The fourth-order valence-corrected chi connectivity index (χ4v) is 6.78. The predicted octanol–water partition coefficient (Wildman–Crippen LogP) is 5.36. The standard InChI is InChI=1S/C19H28ClNOS2/c1-4-8-16-13-23-18(24-16)12-21(17(22)11-20)19-14(5-2)9-7-10-15(19)6-3/h7,9-10,16,18H,4-6,8,11-13H2,1-3H3. The van der Waals surface area contributed by atoms with Crippen molar-refractivity contribution in [2.75, 3.05) is 23.1 Å². The Balaban J connectivity index is 2.25. The molecule has 0 bridgehead atoms. The molecule has 0 spiro atoms. The zero-order chi connectivity index (χ0) is 17.5.